The number of nitrogens with one attached hydrogen (secondary N) is 3. The molecule has 3 aromatic heterocycles. The summed E-state index contributed by atoms with van der Waals surface area (Å²) >= 11 is 6.20. The predicted molar refractivity (Wildman–Crippen MR) is 103 cm³/mol. The highest BCUT2D eigenvalue weighted by Crippen LogP contribution is 2.32. The maximum atomic E-state index is 6.20. The van der Waals surface area contributed by atoms with E-state index in [9.17, 15) is 0 Å². The number of H-pyrrole nitrogens is 1. The summed E-state index contributed by atoms with van der Waals surface area (Å²) < 4.78 is 5.47. The van der Waals surface area contributed by atoms with Gasteiger partial charge in [0.15, 0.2) is 0 Å². The number of hydrogen-bond donors (Lipinski definition) is 3. The van der Waals surface area contributed by atoms with Crippen molar-refractivity contribution in [3.63, 3.8) is 0 Å². The lowest BCUT2D eigenvalue weighted by Gasteiger charge is -2.25. The molecule has 1 aliphatic rings. The Morgan fingerprint density at radius 1 is 1.31 bits per heavy atom. The Kier molecular flexibility index (Phi) is 4.29. The minimum Gasteiger partial charge on any atom is -0.480 e. The van der Waals surface area contributed by atoms with Crippen molar-refractivity contribution < 1.29 is 4.74 Å². The Hall–Kier alpha value is -2.58. The van der Waals surface area contributed by atoms with Crippen LogP contribution in [0.15, 0.2) is 12.3 Å². The number of hydrogen-bond acceptors (Lipinski definition) is 7. The van der Waals surface area contributed by atoms with Crippen molar-refractivity contribution in [2.24, 2.45) is 0 Å². The molecule has 0 bridgehead atoms. The van der Waals surface area contributed by atoms with Gasteiger partial charge in [0.1, 0.15) is 17.2 Å². The molecule has 0 saturated carbocycles. The minimum absolute atomic E-state index is 0.435. The maximum Gasteiger partial charge on any atom is 0.237 e. The largest absolute Gasteiger partial charge is 0.480 e. The molecule has 0 aliphatic carbocycles. The third-order valence-corrected chi connectivity index (χ3v) is 4.78. The minimum atomic E-state index is 0.435. The topological polar surface area (TPSA) is 91.0 Å². The Morgan fingerprint density at radius 2 is 2.15 bits per heavy atom. The van der Waals surface area contributed by atoms with Gasteiger partial charge < -0.3 is 25.3 Å². The molecule has 0 radical (unpaired) electrons. The summed E-state index contributed by atoms with van der Waals surface area (Å²) in [4.78, 5) is 19.0. The molecule has 0 saturated heterocycles. The molecule has 8 nitrogen and oxygen atoms in total. The number of likely N-dealkylation sites (N-methyl/N-ethyl adjacent to an activating group) is 1. The summed E-state index contributed by atoms with van der Waals surface area (Å²) in [6, 6.07) is 2.06. The number of pyridine rings is 1. The molecule has 0 spiro atoms. The number of rotatable bonds is 4. The van der Waals surface area contributed by atoms with Crippen LogP contribution in [0, 0.1) is 0 Å². The van der Waals surface area contributed by atoms with Crippen LogP contribution in [0.3, 0.4) is 0 Å². The number of fused-ring (bicyclic) bond motifs is 2. The third kappa shape index (κ3) is 2.91. The number of methoxy groups -OCH3 is 1. The van der Waals surface area contributed by atoms with Crippen LogP contribution in [0.1, 0.15) is 11.3 Å². The summed E-state index contributed by atoms with van der Waals surface area (Å²) in [5.41, 5.74) is 3.65. The zero-order valence-corrected chi connectivity index (χ0v) is 15.6. The second-order valence-electron chi connectivity index (χ2n) is 6.27. The fourth-order valence-corrected chi connectivity index (χ4v) is 3.43. The first-order valence-electron chi connectivity index (χ1n) is 8.33. The molecule has 3 aromatic rings. The van der Waals surface area contributed by atoms with Gasteiger partial charge in [-0.1, -0.05) is 11.6 Å². The zero-order valence-electron chi connectivity index (χ0n) is 14.9. The van der Waals surface area contributed by atoms with Crippen LogP contribution in [0.25, 0.3) is 11.0 Å². The summed E-state index contributed by atoms with van der Waals surface area (Å²) in [6.45, 7) is 1.85. The molecule has 0 amide bonds. The van der Waals surface area contributed by atoms with Gasteiger partial charge in [0.2, 0.25) is 11.8 Å². The van der Waals surface area contributed by atoms with E-state index in [0.717, 1.165) is 36.3 Å². The number of halogens is 1. The van der Waals surface area contributed by atoms with E-state index < -0.39 is 0 Å². The van der Waals surface area contributed by atoms with Crippen LogP contribution >= 0.6 is 11.6 Å². The molecule has 0 aromatic carbocycles. The summed E-state index contributed by atoms with van der Waals surface area (Å²) in [5, 5.41) is 7.63. The second-order valence-corrected chi connectivity index (χ2v) is 6.68. The predicted octanol–water partition coefficient (Wildman–Crippen LogP) is 2.79. The van der Waals surface area contributed by atoms with E-state index in [-0.39, 0.29) is 0 Å². The molecule has 0 atom stereocenters. The Morgan fingerprint density at radius 3 is 2.92 bits per heavy atom. The first-order chi connectivity index (χ1) is 12.6. The maximum absolute atomic E-state index is 6.20. The molecule has 136 valence electrons. The van der Waals surface area contributed by atoms with Gasteiger partial charge in [0.25, 0.3) is 0 Å². The lowest BCUT2D eigenvalue weighted by atomic mass is 10.1. The van der Waals surface area contributed by atoms with Crippen molar-refractivity contribution in [1.29, 1.82) is 0 Å². The van der Waals surface area contributed by atoms with Crippen molar-refractivity contribution >= 4 is 40.1 Å². The number of ether oxygens (including phenoxy) is 1. The molecular weight excluding hydrogens is 354 g/mol. The van der Waals surface area contributed by atoms with Crippen LogP contribution in [0.5, 0.6) is 5.88 Å². The van der Waals surface area contributed by atoms with Crippen molar-refractivity contribution in [3.05, 3.63) is 28.5 Å². The van der Waals surface area contributed by atoms with Gasteiger partial charge >= 0.3 is 0 Å². The van der Waals surface area contributed by atoms with Gasteiger partial charge in [-0.2, -0.15) is 9.97 Å². The molecule has 1 aliphatic heterocycles. The Bertz CT molecular complexity index is 971. The van der Waals surface area contributed by atoms with Crippen molar-refractivity contribution in [2.75, 3.05) is 38.4 Å². The lowest BCUT2D eigenvalue weighted by molar-refractivity contribution is 0.307. The van der Waals surface area contributed by atoms with E-state index in [4.69, 9.17) is 16.3 Å². The Labute approximate surface area is 155 Å². The standard InChI is InChI=1S/C17H20ClN7O/c1-19-14-13-10(18)7-20-15(13)24-17(23-14)22-12-6-9-8-25(2)5-4-11(9)21-16(12)26-3/h6-7H,4-5,8H2,1-3H3,(H3,19,20,22,23,24). The molecular formula is C17H20ClN7O. The van der Waals surface area contributed by atoms with Gasteiger partial charge in [-0.05, 0) is 18.7 Å². The monoisotopic (exact) mass is 373 g/mol. The first-order valence-corrected chi connectivity index (χ1v) is 8.71. The number of aromatic amines is 1. The summed E-state index contributed by atoms with van der Waals surface area (Å²) in [6.07, 6.45) is 2.61. The quantitative estimate of drug-likeness (QED) is 0.647. The van der Waals surface area contributed by atoms with Crippen LogP contribution in [-0.4, -0.2) is 52.6 Å². The highest BCUT2D eigenvalue weighted by molar-refractivity contribution is 6.36. The van der Waals surface area contributed by atoms with E-state index in [2.05, 4.69) is 48.6 Å². The number of aromatic nitrogens is 4. The average Bonchev–Trinajstić information content (AvgIpc) is 3.01. The molecule has 0 unspecified atom stereocenters. The smallest absolute Gasteiger partial charge is 0.237 e. The highest BCUT2D eigenvalue weighted by Gasteiger charge is 2.19. The SMILES string of the molecule is CNc1nc(Nc2cc3c(nc2OC)CCN(C)C3)nc2[nH]cc(Cl)c12. The summed E-state index contributed by atoms with van der Waals surface area (Å²) in [7, 11) is 5.51. The molecule has 4 rings (SSSR count). The lowest BCUT2D eigenvalue weighted by Crippen LogP contribution is -2.27. The van der Waals surface area contributed by atoms with E-state index in [1.165, 1.54) is 5.56 Å². The summed E-state index contributed by atoms with van der Waals surface area (Å²) in [5.74, 6) is 1.62. The molecule has 0 fully saturated rings. The van der Waals surface area contributed by atoms with Crippen LogP contribution in [0.2, 0.25) is 5.02 Å². The molecule has 9 heteroatoms. The third-order valence-electron chi connectivity index (χ3n) is 4.49. The van der Waals surface area contributed by atoms with E-state index in [1.807, 2.05) is 0 Å². The zero-order chi connectivity index (χ0) is 18.3. The fraction of sp³-hybridized carbons (Fsp3) is 0.353. The molecule has 3 N–H and O–H groups in total. The van der Waals surface area contributed by atoms with Gasteiger partial charge in [-0.15, -0.1) is 0 Å². The van der Waals surface area contributed by atoms with Gasteiger partial charge in [-0.3, -0.25) is 0 Å². The normalized spacial score (nSPS) is 14.3. The highest BCUT2D eigenvalue weighted by atomic mass is 35.5. The van der Waals surface area contributed by atoms with E-state index in [0.29, 0.717) is 28.3 Å². The second kappa shape index (κ2) is 6.62. The van der Waals surface area contributed by atoms with Gasteiger partial charge in [0.05, 0.1) is 23.2 Å². The van der Waals surface area contributed by atoms with Crippen LogP contribution < -0.4 is 15.4 Å². The first kappa shape index (κ1) is 16.9. The molecule has 26 heavy (non-hydrogen) atoms. The van der Waals surface area contributed by atoms with Gasteiger partial charge in [-0.25, -0.2) is 4.98 Å². The van der Waals surface area contributed by atoms with Crippen molar-refractivity contribution in [3.8, 4) is 5.88 Å². The van der Waals surface area contributed by atoms with Crippen LogP contribution in [-0.2, 0) is 13.0 Å². The Balaban J connectivity index is 1.75. The van der Waals surface area contributed by atoms with Gasteiger partial charge in [0, 0.05) is 32.8 Å². The number of anilines is 3. The molecule has 4 heterocycles. The van der Waals surface area contributed by atoms with Crippen molar-refractivity contribution in [1.82, 2.24) is 24.8 Å². The van der Waals surface area contributed by atoms with E-state index >= 15 is 0 Å². The van der Waals surface area contributed by atoms with Crippen LogP contribution in [0.4, 0.5) is 17.5 Å². The van der Waals surface area contributed by atoms with Crippen molar-refractivity contribution in [2.45, 2.75) is 13.0 Å². The average molecular weight is 374 g/mol. The van der Waals surface area contributed by atoms with E-state index in [1.54, 1.807) is 20.4 Å². The fourth-order valence-electron chi connectivity index (χ4n) is 3.19. The number of nitrogens with zero attached hydrogens (tertiary/aromatic N) is 4.